The summed E-state index contributed by atoms with van der Waals surface area (Å²) in [7, 11) is 0. The fraction of sp³-hybridized carbons (Fsp3) is 0.231. The fourth-order valence-corrected chi connectivity index (χ4v) is 3.16. The molecule has 1 aromatic heterocycles. The van der Waals surface area contributed by atoms with E-state index >= 15 is 0 Å². The van der Waals surface area contributed by atoms with E-state index in [0.29, 0.717) is 6.61 Å². The topological polar surface area (TPSA) is 21.3 Å². The molecule has 1 aromatic carbocycles. The van der Waals surface area contributed by atoms with Crippen LogP contribution in [0, 0.1) is 6.92 Å². The molecule has 0 fully saturated rings. The van der Waals surface area contributed by atoms with Gasteiger partial charge in [0.15, 0.2) is 0 Å². The quantitative estimate of drug-likeness (QED) is 0.832. The van der Waals surface area contributed by atoms with Crippen molar-refractivity contribution >= 4 is 28.6 Å². The van der Waals surface area contributed by atoms with Crippen molar-refractivity contribution < 1.29 is 4.74 Å². The number of benzene rings is 1. The third kappa shape index (κ3) is 2.01. The van der Waals surface area contributed by atoms with Gasteiger partial charge in [-0.3, -0.25) is 0 Å². The number of hydrogen-bond donors (Lipinski definition) is 1. The van der Waals surface area contributed by atoms with Crippen LogP contribution in [0.3, 0.4) is 0 Å². The second kappa shape index (κ2) is 4.24. The highest BCUT2D eigenvalue weighted by atomic mass is 35.5. The first-order chi connectivity index (χ1) is 8.24. The van der Waals surface area contributed by atoms with E-state index < -0.39 is 0 Å². The van der Waals surface area contributed by atoms with Gasteiger partial charge in [0.2, 0.25) is 0 Å². The maximum Gasteiger partial charge on any atom is 0.142 e. The number of rotatable bonds is 1. The lowest BCUT2D eigenvalue weighted by Gasteiger charge is -2.27. The van der Waals surface area contributed by atoms with Crippen molar-refractivity contribution in [3.63, 3.8) is 0 Å². The average molecular weight is 266 g/mol. The van der Waals surface area contributed by atoms with Gasteiger partial charge < -0.3 is 10.1 Å². The molecule has 0 radical (unpaired) electrons. The lowest BCUT2D eigenvalue weighted by Crippen LogP contribution is -2.23. The molecule has 1 aliphatic rings. The predicted octanol–water partition coefficient (Wildman–Crippen LogP) is 4.26. The molecule has 2 aromatic rings. The first kappa shape index (κ1) is 10.9. The minimum atomic E-state index is 0.223. The molecule has 0 spiro atoms. The summed E-state index contributed by atoms with van der Waals surface area (Å²) in [4.78, 5) is 1.33. The van der Waals surface area contributed by atoms with E-state index in [9.17, 15) is 0 Å². The first-order valence-corrected chi connectivity index (χ1v) is 6.72. The Bertz CT molecular complexity index is 552. The van der Waals surface area contributed by atoms with Gasteiger partial charge in [-0.1, -0.05) is 11.6 Å². The van der Waals surface area contributed by atoms with Crippen molar-refractivity contribution in [2.75, 3.05) is 11.9 Å². The Morgan fingerprint density at radius 1 is 1.41 bits per heavy atom. The van der Waals surface area contributed by atoms with Crippen molar-refractivity contribution in [2.45, 2.75) is 13.0 Å². The normalized spacial score (nSPS) is 18.1. The van der Waals surface area contributed by atoms with Crippen LogP contribution < -0.4 is 10.1 Å². The van der Waals surface area contributed by atoms with Crippen LogP contribution >= 0.6 is 22.9 Å². The number of halogens is 1. The Kier molecular flexibility index (Phi) is 2.73. The van der Waals surface area contributed by atoms with E-state index in [2.05, 4.69) is 23.7 Å². The molecule has 2 nitrogen and oxygen atoms in total. The number of thiophene rings is 1. The van der Waals surface area contributed by atoms with Crippen LogP contribution in [0.4, 0.5) is 5.69 Å². The highest BCUT2D eigenvalue weighted by molar-refractivity contribution is 7.10. The lowest BCUT2D eigenvalue weighted by atomic mass is 10.1. The van der Waals surface area contributed by atoms with Gasteiger partial charge in [-0.25, -0.2) is 0 Å². The van der Waals surface area contributed by atoms with E-state index in [1.807, 2.05) is 18.2 Å². The summed E-state index contributed by atoms with van der Waals surface area (Å²) >= 11 is 7.75. The third-order valence-corrected chi connectivity index (χ3v) is 4.26. The van der Waals surface area contributed by atoms with Crippen molar-refractivity contribution in [3.05, 3.63) is 45.1 Å². The minimum Gasteiger partial charge on any atom is -0.489 e. The number of fused-ring (bicyclic) bond motifs is 1. The zero-order valence-corrected chi connectivity index (χ0v) is 10.9. The number of ether oxygens (including phenoxy) is 1. The van der Waals surface area contributed by atoms with Crippen LogP contribution in [0.1, 0.15) is 16.5 Å². The van der Waals surface area contributed by atoms with Gasteiger partial charge in [0.05, 0.1) is 11.7 Å². The molecule has 2 heterocycles. The number of hydrogen-bond acceptors (Lipinski definition) is 3. The molecule has 0 amide bonds. The highest BCUT2D eigenvalue weighted by Crippen LogP contribution is 2.37. The number of anilines is 1. The second-order valence-electron chi connectivity index (χ2n) is 4.12. The minimum absolute atomic E-state index is 0.223. The summed E-state index contributed by atoms with van der Waals surface area (Å²) in [5.41, 5.74) is 2.28. The van der Waals surface area contributed by atoms with E-state index in [0.717, 1.165) is 16.5 Å². The van der Waals surface area contributed by atoms with E-state index in [-0.39, 0.29) is 6.04 Å². The van der Waals surface area contributed by atoms with Crippen LogP contribution in [0.5, 0.6) is 5.75 Å². The third-order valence-electron chi connectivity index (χ3n) is 2.90. The van der Waals surface area contributed by atoms with Crippen molar-refractivity contribution in [1.29, 1.82) is 0 Å². The first-order valence-electron chi connectivity index (χ1n) is 5.47. The molecule has 1 unspecified atom stereocenters. The Morgan fingerprint density at radius 2 is 2.29 bits per heavy atom. The summed E-state index contributed by atoms with van der Waals surface area (Å²) in [6.45, 7) is 2.79. The van der Waals surface area contributed by atoms with E-state index in [4.69, 9.17) is 16.3 Å². The van der Waals surface area contributed by atoms with Gasteiger partial charge in [-0.05, 0) is 42.1 Å². The molecular weight excluding hydrogens is 254 g/mol. The maximum absolute atomic E-state index is 5.99. The lowest BCUT2D eigenvalue weighted by molar-refractivity contribution is 0.288. The van der Waals surface area contributed by atoms with Crippen molar-refractivity contribution in [3.8, 4) is 5.75 Å². The monoisotopic (exact) mass is 265 g/mol. The van der Waals surface area contributed by atoms with E-state index in [1.54, 1.807) is 11.3 Å². The van der Waals surface area contributed by atoms with Crippen LogP contribution in [-0.2, 0) is 0 Å². The second-order valence-corrected chi connectivity index (χ2v) is 5.50. The summed E-state index contributed by atoms with van der Waals surface area (Å²) in [6, 6.07) is 8.02. The van der Waals surface area contributed by atoms with Crippen LogP contribution in [-0.4, -0.2) is 6.61 Å². The fourth-order valence-electron chi connectivity index (χ4n) is 2.03. The maximum atomic E-state index is 5.99. The molecule has 3 rings (SSSR count). The van der Waals surface area contributed by atoms with Crippen molar-refractivity contribution in [2.24, 2.45) is 0 Å². The Hall–Kier alpha value is -1.19. The number of aryl methyl sites for hydroxylation is 1. The molecular formula is C13H12ClNOS. The molecule has 1 N–H and O–H groups in total. The Balaban J connectivity index is 1.92. The molecule has 4 heteroatoms. The van der Waals surface area contributed by atoms with Crippen LogP contribution in [0.2, 0.25) is 5.02 Å². The average Bonchev–Trinajstić information content (AvgIpc) is 2.74. The molecule has 1 aliphatic heterocycles. The molecule has 88 valence electrons. The summed E-state index contributed by atoms with van der Waals surface area (Å²) in [6.07, 6.45) is 0. The molecule has 1 atom stereocenters. The van der Waals surface area contributed by atoms with E-state index in [1.165, 1.54) is 10.4 Å². The molecule has 0 saturated heterocycles. The highest BCUT2D eigenvalue weighted by Gasteiger charge is 2.22. The van der Waals surface area contributed by atoms with Crippen molar-refractivity contribution in [1.82, 2.24) is 0 Å². The smallest absolute Gasteiger partial charge is 0.142 e. The molecule has 0 bridgehead atoms. The Morgan fingerprint density at radius 3 is 3.06 bits per heavy atom. The SMILES string of the molecule is Cc1ccsc1C1COc2ccc(Cl)cc2N1. The van der Waals surface area contributed by atoms with Gasteiger partial charge in [0.25, 0.3) is 0 Å². The summed E-state index contributed by atoms with van der Waals surface area (Å²) in [5.74, 6) is 0.875. The summed E-state index contributed by atoms with van der Waals surface area (Å²) in [5, 5.41) is 6.32. The van der Waals surface area contributed by atoms with Gasteiger partial charge in [-0.15, -0.1) is 11.3 Å². The predicted molar refractivity (Wildman–Crippen MR) is 72.4 cm³/mol. The van der Waals surface area contributed by atoms with Gasteiger partial charge in [-0.2, -0.15) is 0 Å². The zero-order chi connectivity index (χ0) is 11.8. The standard InChI is InChI=1S/C13H12ClNOS/c1-8-4-5-17-13(8)11-7-16-12-3-2-9(14)6-10(12)15-11/h2-6,11,15H,7H2,1H3. The van der Waals surface area contributed by atoms with Gasteiger partial charge >= 0.3 is 0 Å². The van der Waals surface area contributed by atoms with Gasteiger partial charge in [0.1, 0.15) is 12.4 Å². The molecule has 17 heavy (non-hydrogen) atoms. The molecule has 0 saturated carbocycles. The summed E-state index contributed by atoms with van der Waals surface area (Å²) < 4.78 is 5.76. The van der Waals surface area contributed by atoms with Crippen LogP contribution in [0.15, 0.2) is 29.6 Å². The van der Waals surface area contributed by atoms with Gasteiger partial charge in [0, 0.05) is 9.90 Å². The largest absolute Gasteiger partial charge is 0.489 e. The van der Waals surface area contributed by atoms with Crippen LogP contribution in [0.25, 0.3) is 0 Å². The zero-order valence-electron chi connectivity index (χ0n) is 9.37. The Labute approximate surface area is 109 Å². The number of nitrogens with one attached hydrogen (secondary N) is 1. The molecule has 0 aliphatic carbocycles.